The molecule has 2 aliphatic rings. The number of likely N-dealkylation sites (N-methyl/N-ethyl adjacent to an activating group) is 2. The lowest BCUT2D eigenvalue weighted by Gasteiger charge is -2.18. The van der Waals surface area contributed by atoms with E-state index < -0.39 is 11.7 Å². The molecule has 1 aromatic rings. The first-order chi connectivity index (χ1) is 15.3. The van der Waals surface area contributed by atoms with Crippen molar-refractivity contribution >= 4 is 17.6 Å². The van der Waals surface area contributed by atoms with Crippen LogP contribution in [0.15, 0.2) is 53.3 Å². The highest BCUT2D eigenvalue weighted by molar-refractivity contribution is 6.10. The number of nitrogens with zero attached hydrogens (tertiary/aromatic N) is 1. The maximum absolute atomic E-state index is 12.6. The number of hydrogen-bond acceptors (Lipinski definition) is 6. The first-order valence-electron chi connectivity index (χ1n) is 10.8. The lowest BCUT2D eigenvalue weighted by atomic mass is 9.99. The molecule has 1 aromatic carbocycles. The Balaban J connectivity index is 1.66. The normalized spacial score (nSPS) is 17.8. The standard InChI is InChI=1S/C24H30N4O4/c1-26-11-12-28(2)24(32)18-9-7-16(13-22(18)30)21(29)14-19(25)23(31)27-20-10-8-15-5-3-4-6-17(15)20/h4,6-7,9,13-14,20,26,30H,3,5,8,10-12,25H2,1-2H3,(H,27,31). The minimum Gasteiger partial charge on any atom is -0.507 e. The van der Waals surface area contributed by atoms with Crippen LogP contribution in [-0.2, 0) is 4.79 Å². The number of aromatic hydroxyl groups is 1. The smallest absolute Gasteiger partial charge is 0.267 e. The fourth-order valence-corrected chi connectivity index (χ4v) is 3.97. The highest BCUT2D eigenvalue weighted by Gasteiger charge is 2.27. The van der Waals surface area contributed by atoms with Crippen LogP contribution in [0.2, 0.25) is 0 Å². The third-order valence-electron chi connectivity index (χ3n) is 5.84. The molecule has 1 atom stereocenters. The number of carbonyl (C=O) groups excluding carboxylic acids is 3. The second kappa shape index (κ2) is 10.3. The topological polar surface area (TPSA) is 125 Å². The van der Waals surface area contributed by atoms with E-state index in [0.717, 1.165) is 37.3 Å². The molecule has 1 unspecified atom stereocenters. The van der Waals surface area contributed by atoms with Crippen molar-refractivity contribution in [2.45, 2.75) is 31.7 Å². The van der Waals surface area contributed by atoms with Gasteiger partial charge < -0.3 is 26.4 Å². The Morgan fingerprint density at radius 3 is 2.78 bits per heavy atom. The minimum absolute atomic E-state index is 0.0923. The van der Waals surface area contributed by atoms with E-state index in [1.807, 2.05) is 0 Å². The van der Waals surface area contributed by atoms with Gasteiger partial charge in [0, 0.05) is 31.8 Å². The van der Waals surface area contributed by atoms with E-state index in [1.54, 1.807) is 14.1 Å². The predicted molar refractivity (Wildman–Crippen MR) is 122 cm³/mol. The van der Waals surface area contributed by atoms with Crippen molar-refractivity contribution in [1.29, 1.82) is 0 Å². The highest BCUT2D eigenvalue weighted by atomic mass is 16.3. The zero-order chi connectivity index (χ0) is 23.3. The van der Waals surface area contributed by atoms with Gasteiger partial charge in [-0.15, -0.1) is 0 Å². The van der Waals surface area contributed by atoms with Crippen LogP contribution in [0.4, 0.5) is 0 Å². The van der Waals surface area contributed by atoms with E-state index in [2.05, 4.69) is 22.8 Å². The summed E-state index contributed by atoms with van der Waals surface area (Å²) >= 11 is 0. The number of carbonyl (C=O) groups is 3. The van der Waals surface area contributed by atoms with Crippen LogP contribution < -0.4 is 16.4 Å². The number of phenols is 1. The third-order valence-corrected chi connectivity index (χ3v) is 5.84. The Hall–Kier alpha value is -3.39. The van der Waals surface area contributed by atoms with Gasteiger partial charge in [-0.25, -0.2) is 0 Å². The lowest BCUT2D eigenvalue weighted by molar-refractivity contribution is -0.118. The first kappa shape index (κ1) is 23.3. The fourth-order valence-electron chi connectivity index (χ4n) is 3.97. The molecule has 8 heteroatoms. The van der Waals surface area contributed by atoms with Crippen LogP contribution >= 0.6 is 0 Å². The number of phenolic OH excluding ortho intramolecular Hbond substituents is 1. The molecule has 0 saturated carbocycles. The fraction of sp³-hybridized carbons (Fsp3) is 0.375. The van der Waals surface area contributed by atoms with E-state index in [4.69, 9.17) is 5.73 Å². The zero-order valence-electron chi connectivity index (χ0n) is 18.5. The minimum atomic E-state index is -0.528. The van der Waals surface area contributed by atoms with Crippen molar-refractivity contribution in [3.8, 4) is 5.75 Å². The Morgan fingerprint density at radius 1 is 1.28 bits per heavy atom. The molecule has 170 valence electrons. The van der Waals surface area contributed by atoms with E-state index in [-0.39, 0.29) is 34.5 Å². The van der Waals surface area contributed by atoms with E-state index in [0.29, 0.717) is 13.1 Å². The molecule has 0 aliphatic heterocycles. The van der Waals surface area contributed by atoms with Gasteiger partial charge in [0.25, 0.3) is 11.8 Å². The molecular weight excluding hydrogens is 408 g/mol. The number of hydrogen-bond donors (Lipinski definition) is 4. The maximum Gasteiger partial charge on any atom is 0.267 e. The summed E-state index contributed by atoms with van der Waals surface area (Å²) in [6.07, 6.45) is 9.05. The monoisotopic (exact) mass is 438 g/mol. The number of allylic oxidation sites excluding steroid dienone is 3. The van der Waals surface area contributed by atoms with Crippen LogP contribution in [0.25, 0.3) is 0 Å². The second-order valence-electron chi connectivity index (χ2n) is 8.09. The summed E-state index contributed by atoms with van der Waals surface area (Å²) in [5.74, 6) is -1.69. The number of rotatable bonds is 8. The molecule has 0 bridgehead atoms. The molecule has 2 aliphatic carbocycles. The summed E-state index contributed by atoms with van der Waals surface area (Å²) in [5, 5.41) is 16.1. The summed E-state index contributed by atoms with van der Waals surface area (Å²) in [6.45, 7) is 1.08. The van der Waals surface area contributed by atoms with Crippen molar-refractivity contribution in [1.82, 2.24) is 15.5 Å². The Morgan fingerprint density at radius 2 is 2.06 bits per heavy atom. The van der Waals surface area contributed by atoms with Gasteiger partial charge in [-0.2, -0.15) is 0 Å². The molecule has 0 fully saturated rings. The van der Waals surface area contributed by atoms with Crippen LogP contribution in [0.5, 0.6) is 5.75 Å². The van der Waals surface area contributed by atoms with Gasteiger partial charge >= 0.3 is 0 Å². The third kappa shape index (κ3) is 5.26. The average molecular weight is 439 g/mol. The van der Waals surface area contributed by atoms with Crippen molar-refractivity contribution in [2.75, 3.05) is 27.2 Å². The maximum atomic E-state index is 12.6. The van der Waals surface area contributed by atoms with Gasteiger partial charge in [0.05, 0.1) is 11.6 Å². The van der Waals surface area contributed by atoms with Gasteiger partial charge in [0.1, 0.15) is 11.4 Å². The van der Waals surface area contributed by atoms with Gasteiger partial charge in [-0.3, -0.25) is 14.4 Å². The number of ketones is 1. The van der Waals surface area contributed by atoms with Gasteiger partial charge in [-0.05, 0) is 56.5 Å². The highest BCUT2D eigenvalue weighted by Crippen LogP contribution is 2.33. The van der Waals surface area contributed by atoms with Crippen LogP contribution in [-0.4, -0.2) is 60.8 Å². The zero-order valence-corrected chi connectivity index (χ0v) is 18.5. The second-order valence-corrected chi connectivity index (χ2v) is 8.09. The van der Waals surface area contributed by atoms with Crippen molar-refractivity contribution < 1.29 is 19.5 Å². The Kier molecular flexibility index (Phi) is 7.48. The number of benzene rings is 1. The van der Waals surface area contributed by atoms with Gasteiger partial charge in [0.15, 0.2) is 5.78 Å². The molecule has 0 heterocycles. The Labute approximate surface area is 187 Å². The largest absolute Gasteiger partial charge is 0.507 e. The van der Waals surface area contributed by atoms with E-state index >= 15 is 0 Å². The van der Waals surface area contributed by atoms with Crippen LogP contribution in [0.1, 0.15) is 46.4 Å². The molecule has 0 radical (unpaired) electrons. The van der Waals surface area contributed by atoms with Crippen LogP contribution in [0, 0.1) is 0 Å². The molecule has 32 heavy (non-hydrogen) atoms. The number of nitrogens with one attached hydrogen (secondary N) is 2. The Bertz CT molecular complexity index is 1010. The molecule has 5 N–H and O–H groups in total. The average Bonchev–Trinajstić information content (AvgIpc) is 3.19. The summed E-state index contributed by atoms with van der Waals surface area (Å²) in [6, 6.07) is 3.95. The number of amides is 2. The molecule has 2 amide bonds. The predicted octanol–water partition coefficient (Wildman–Crippen LogP) is 1.63. The van der Waals surface area contributed by atoms with Gasteiger partial charge in [-0.1, -0.05) is 17.7 Å². The van der Waals surface area contributed by atoms with Crippen molar-refractivity contribution in [3.63, 3.8) is 0 Å². The summed E-state index contributed by atoms with van der Waals surface area (Å²) in [5.41, 5.74) is 8.42. The van der Waals surface area contributed by atoms with Crippen molar-refractivity contribution in [2.24, 2.45) is 5.73 Å². The molecule has 0 saturated heterocycles. The summed E-state index contributed by atoms with van der Waals surface area (Å²) in [4.78, 5) is 39.0. The molecular formula is C24H30N4O4. The van der Waals surface area contributed by atoms with Crippen molar-refractivity contribution in [3.05, 3.63) is 64.4 Å². The van der Waals surface area contributed by atoms with Gasteiger partial charge in [0.2, 0.25) is 0 Å². The molecule has 0 spiro atoms. The van der Waals surface area contributed by atoms with E-state index in [1.165, 1.54) is 28.7 Å². The SMILES string of the molecule is CNCCN(C)C(=O)c1ccc(C(=O)C=C(N)C(=O)NC2CCC3=C2C=CCC3)cc1O. The number of nitrogens with two attached hydrogens (primary N) is 1. The first-order valence-corrected chi connectivity index (χ1v) is 10.8. The molecule has 0 aromatic heterocycles. The lowest BCUT2D eigenvalue weighted by Crippen LogP contribution is -2.37. The van der Waals surface area contributed by atoms with E-state index in [9.17, 15) is 19.5 Å². The molecule has 3 rings (SSSR count). The summed E-state index contributed by atoms with van der Waals surface area (Å²) < 4.78 is 0. The summed E-state index contributed by atoms with van der Waals surface area (Å²) in [7, 11) is 3.41. The molecule has 8 nitrogen and oxygen atoms in total. The van der Waals surface area contributed by atoms with Crippen LogP contribution in [0.3, 0.4) is 0 Å². The quantitative estimate of drug-likeness (QED) is 0.361.